The first-order chi connectivity index (χ1) is 9.85. The Hall–Kier alpha value is -0.780. The van der Waals surface area contributed by atoms with Gasteiger partial charge in [0.2, 0.25) is 5.91 Å². The van der Waals surface area contributed by atoms with Gasteiger partial charge in [0.15, 0.2) is 9.84 Å². The molecule has 0 spiro atoms. The Balaban J connectivity index is 1.61. The van der Waals surface area contributed by atoms with E-state index in [-0.39, 0.29) is 35.3 Å². The van der Waals surface area contributed by atoms with Crippen LogP contribution in [0.15, 0.2) is 18.2 Å². The molecule has 1 amide bonds. The molecule has 7 heteroatoms. The van der Waals surface area contributed by atoms with Gasteiger partial charge in [0.1, 0.15) is 0 Å². The van der Waals surface area contributed by atoms with E-state index in [1.165, 1.54) is 0 Å². The van der Waals surface area contributed by atoms with E-state index in [2.05, 4.69) is 5.32 Å². The molecule has 1 aliphatic heterocycles. The largest absolute Gasteiger partial charge is 0.352 e. The molecule has 1 N–H and O–H groups in total. The van der Waals surface area contributed by atoms with Gasteiger partial charge >= 0.3 is 0 Å². The molecule has 2 fully saturated rings. The second-order valence-corrected chi connectivity index (χ2v) is 8.80. The molecule has 114 valence electrons. The predicted molar refractivity (Wildman–Crippen MR) is 82.5 cm³/mol. The number of hydrogen-bond donors (Lipinski definition) is 1. The molecule has 4 nitrogen and oxygen atoms in total. The van der Waals surface area contributed by atoms with E-state index in [4.69, 9.17) is 23.2 Å². The summed E-state index contributed by atoms with van der Waals surface area (Å²) in [6.45, 7) is 0. The van der Waals surface area contributed by atoms with Gasteiger partial charge in [0.25, 0.3) is 0 Å². The molecule has 0 aromatic heterocycles. The Bertz CT molecular complexity index is 689. The van der Waals surface area contributed by atoms with Gasteiger partial charge in [0.05, 0.1) is 11.5 Å². The van der Waals surface area contributed by atoms with E-state index in [0.29, 0.717) is 16.5 Å². The van der Waals surface area contributed by atoms with E-state index in [0.717, 1.165) is 12.0 Å². The number of hydrogen-bond acceptors (Lipinski definition) is 3. The van der Waals surface area contributed by atoms with E-state index in [9.17, 15) is 13.2 Å². The summed E-state index contributed by atoms with van der Waals surface area (Å²) in [6, 6.07) is 5.04. The summed E-state index contributed by atoms with van der Waals surface area (Å²) < 4.78 is 22.8. The monoisotopic (exact) mass is 347 g/mol. The summed E-state index contributed by atoms with van der Waals surface area (Å²) in [7, 11) is -2.97. The van der Waals surface area contributed by atoms with Crippen LogP contribution in [0.1, 0.15) is 24.3 Å². The topological polar surface area (TPSA) is 63.2 Å². The summed E-state index contributed by atoms with van der Waals surface area (Å²) >= 11 is 12.0. The lowest BCUT2D eigenvalue weighted by Gasteiger charge is -2.11. The van der Waals surface area contributed by atoms with Crippen LogP contribution in [0, 0.1) is 5.92 Å². The van der Waals surface area contributed by atoms with Crippen LogP contribution in [-0.2, 0) is 14.6 Å². The second-order valence-electron chi connectivity index (χ2n) is 5.72. The molecule has 1 aliphatic carbocycles. The molecule has 21 heavy (non-hydrogen) atoms. The normalized spacial score (nSPS) is 30.1. The summed E-state index contributed by atoms with van der Waals surface area (Å²) in [4.78, 5) is 12.2. The molecule has 2 aliphatic rings. The molecule has 0 unspecified atom stereocenters. The average molecular weight is 348 g/mol. The Kier molecular flexibility index (Phi) is 3.93. The van der Waals surface area contributed by atoms with Crippen LogP contribution >= 0.6 is 23.2 Å². The van der Waals surface area contributed by atoms with Crippen LogP contribution in [0.5, 0.6) is 0 Å². The molecule has 1 aromatic carbocycles. The fraction of sp³-hybridized carbons (Fsp3) is 0.500. The highest BCUT2D eigenvalue weighted by atomic mass is 35.5. The van der Waals surface area contributed by atoms with Crippen molar-refractivity contribution in [1.82, 2.24) is 5.32 Å². The zero-order valence-corrected chi connectivity index (χ0v) is 13.5. The van der Waals surface area contributed by atoms with Crippen LogP contribution in [0.3, 0.4) is 0 Å². The van der Waals surface area contributed by atoms with E-state index >= 15 is 0 Å². The predicted octanol–water partition coefficient (Wildman–Crippen LogP) is 2.40. The minimum absolute atomic E-state index is 0.0534. The minimum Gasteiger partial charge on any atom is -0.352 e. The third-order valence-electron chi connectivity index (χ3n) is 4.07. The molecule has 0 bridgehead atoms. The smallest absolute Gasteiger partial charge is 0.223 e. The van der Waals surface area contributed by atoms with Gasteiger partial charge in [-0.2, -0.15) is 0 Å². The highest BCUT2D eigenvalue weighted by molar-refractivity contribution is 7.91. The number of carbonyl (C=O) groups excluding carboxylic acids is 1. The number of nitrogens with one attached hydrogen (secondary N) is 1. The van der Waals surface area contributed by atoms with Gasteiger partial charge < -0.3 is 5.32 Å². The third-order valence-corrected chi connectivity index (χ3v) is 6.40. The lowest BCUT2D eigenvalue weighted by Crippen LogP contribution is -2.36. The zero-order chi connectivity index (χ0) is 15.2. The standard InChI is InChI=1S/C14H15Cl2NO3S/c15-8-1-2-10(13(16)5-8)11-6-12(11)14(18)17-9-3-4-21(19,20)7-9/h1-2,5,9,11-12H,3-4,6-7H2,(H,17,18)/t9-,11-,12-/m1/s1. The number of benzene rings is 1. The Labute approximate surface area is 133 Å². The molecule has 0 radical (unpaired) electrons. The van der Waals surface area contributed by atoms with Crippen LogP contribution in [0.25, 0.3) is 0 Å². The van der Waals surface area contributed by atoms with Crippen LogP contribution in [0.2, 0.25) is 10.0 Å². The molecule has 1 saturated carbocycles. The van der Waals surface area contributed by atoms with Crippen molar-refractivity contribution in [3.05, 3.63) is 33.8 Å². The second kappa shape index (κ2) is 5.45. The highest BCUT2D eigenvalue weighted by Gasteiger charge is 2.45. The third kappa shape index (κ3) is 3.35. The summed E-state index contributed by atoms with van der Waals surface area (Å²) in [5.41, 5.74) is 0.931. The molecule has 1 heterocycles. The Morgan fingerprint density at radius 2 is 2.05 bits per heavy atom. The number of sulfone groups is 1. The molecule has 3 rings (SSSR count). The SMILES string of the molecule is O=C(N[C@@H]1CCS(=O)(=O)C1)[C@@H]1C[C@@H]1c1ccc(Cl)cc1Cl. The average Bonchev–Trinajstić information content (AvgIpc) is 3.09. The quantitative estimate of drug-likeness (QED) is 0.912. The van der Waals surface area contributed by atoms with Crippen molar-refractivity contribution in [2.75, 3.05) is 11.5 Å². The minimum atomic E-state index is -2.97. The maximum atomic E-state index is 12.2. The van der Waals surface area contributed by atoms with E-state index in [1.54, 1.807) is 12.1 Å². The van der Waals surface area contributed by atoms with Gasteiger partial charge in [-0.05, 0) is 36.5 Å². The molecule has 1 saturated heterocycles. The van der Waals surface area contributed by atoms with Crippen molar-refractivity contribution < 1.29 is 13.2 Å². The van der Waals surface area contributed by atoms with Crippen molar-refractivity contribution in [3.8, 4) is 0 Å². The fourth-order valence-corrected chi connectivity index (χ4v) is 5.07. The van der Waals surface area contributed by atoms with Crippen molar-refractivity contribution in [3.63, 3.8) is 0 Å². The van der Waals surface area contributed by atoms with Gasteiger partial charge in [-0.15, -0.1) is 0 Å². The lowest BCUT2D eigenvalue weighted by atomic mass is 10.1. The van der Waals surface area contributed by atoms with Crippen molar-refractivity contribution in [2.45, 2.75) is 24.8 Å². The van der Waals surface area contributed by atoms with Gasteiger partial charge in [-0.1, -0.05) is 29.3 Å². The summed E-state index contributed by atoms with van der Waals surface area (Å²) in [5, 5.41) is 3.99. The van der Waals surface area contributed by atoms with Crippen molar-refractivity contribution in [2.24, 2.45) is 5.92 Å². The van der Waals surface area contributed by atoms with E-state index < -0.39 is 9.84 Å². The molecular weight excluding hydrogens is 333 g/mol. The maximum Gasteiger partial charge on any atom is 0.223 e. The lowest BCUT2D eigenvalue weighted by molar-refractivity contribution is -0.122. The summed E-state index contributed by atoms with van der Waals surface area (Å²) in [5.74, 6) is 0.125. The van der Waals surface area contributed by atoms with Crippen LogP contribution in [0.4, 0.5) is 0 Å². The maximum absolute atomic E-state index is 12.2. The number of carbonyl (C=O) groups is 1. The molecule has 1 aromatic rings. The molecule has 3 atom stereocenters. The number of amides is 1. The van der Waals surface area contributed by atoms with Gasteiger partial charge in [-0.25, -0.2) is 8.42 Å². The number of rotatable bonds is 3. The van der Waals surface area contributed by atoms with Gasteiger partial charge in [0, 0.05) is 22.0 Å². The van der Waals surface area contributed by atoms with E-state index in [1.807, 2.05) is 6.07 Å². The van der Waals surface area contributed by atoms with Crippen LogP contribution < -0.4 is 5.32 Å². The first-order valence-corrected chi connectivity index (χ1v) is 9.39. The molecular formula is C14H15Cl2NO3S. The first-order valence-electron chi connectivity index (χ1n) is 6.81. The summed E-state index contributed by atoms with van der Waals surface area (Å²) in [6.07, 6.45) is 1.25. The zero-order valence-electron chi connectivity index (χ0n) is 11.2. The van der Waals surface area contributed by atoms with Crippen LogP contribution in [-0.4, -0.2) is 31.9 Å². The first kappa shape index (κ1) is 15.1. The van der Waals surface area contributed by atoms with Crippen molar-refractivity contribution >= 4 is 38.9 Å². The fourth-order valence-electron chi connectivity index (χ4n) is 2.85. The van der Waals surface area contributed by atoms with Crippen molar-refractivity contribution in [1.29, 1.82) is 0 Å². The number of halogens is 2. The Morgan fingerprint density at radius 3 is 2.67 bits per heavy atom. The Morgan fingerprint density at radius 1 is 1.29 bits per heavy atom. The highest BCUT2D eigenvalue weighted by Crippen LogP contribution is 2.50. The van der Waals surface area contributed by atoms with Gasteiger partial charge in [-0.3, -0.25) is 4.79 Å².